The Morgan fingerprint density at radius 2 is 2.26 bits per heavy atom. The van der Waals surface area contributed by atoms with Crippen LogP contribution in [0.4, 0.5) is 13.2 Å². The summed E-state index contributed by atoms with van der Waals surface area (Å²) in [6.45, 7) is 3.59. The van der Waals surface area contributed by atoms with Crippen molar-refractivity contribution < 1.29 is 17.7 Å². The maximum Gasteiger partial charge on any atom is 0.471 e. The van der Waals surface area contributed by atoms with Gasteiger partial charge < -0.3 is 4.52 Å². The number of nitrogens with zero attached hydrogens (tertiary/aromatic N) is 2. The molecule has 2 aromatic rings. The fourth-order valence-corrected chi connectivity index (χ4v) is 1.93. The number of hydrogen-bond donors (Lipinski definition) is 0. The van der Waals surface area contributed by atoms with Gasteiger partial charge in [-0.3, -0.25) is 0 Å². The summed E-state index contributed by atoms with van der Waals surface area (Å²) < 4.78 is 41.2. The molecule has 0 saturated heterocycles. The number of halogens is 3. The molecule has 0 aliphatic rings. The first-order chi connectivity index (χ1) is 9.00. The van der Waals surface area contributed by atoms with Gasteiger partial charge in [0.15, 0.2) is 0 Å². The van der Waals surface area contributed by atoms with Crippen LogP contribution >= 0.6 is 11.8 Å². The van der Waals surface area contributed by atoms with Crippen LogP contribution in [-0.2, 0) is 6.18 Å². The summed E-state index contributed by atoms with van der Waals surface area (Å²) >= 11 is 1.46. The van der Waals surface area contributed by atoms with Crippen molar-refractivity contribution in [3.8, 4) is 11.4 Å². The van der Waals surface area contributed by atoms with E-state index in [9.17, 15) is 13.2 Å². The van der Waals surface area contributed by atoms with Crippen molar-refractivity contribution in [1.82, 2.24) is 10.1 Å². The summed E-state index contributed by atoms with van der Waals surface area (Å²) in [6.07, 6.45) is -2.91. The predicted molar refractivity (Wildman–Crippen MR) is 64.5 cm³/mol. The average molecular weight is 285 g/mol. The van der Waals surface area contributed by atoms with Gasteiger partial charge in [-0.15, -0.1) is 18.3 Å². The van der Waals surface area contributed by atoms with Gasteiger partial charge >= 0.3 is 12.1 Å². The molecule has 0 amide bonds. The monoisotopic (exact) mass is 285 g/mol. The van der Waals surface area contributed by atoms with Crippen molar-refractivity contribution in [2.45, 2.75) is 11.1 Å². The molecule has 99 valence electrons. The molecular formula is C12H8F3N2OS. The quantitative estimate of drug-likeness (QED) is 0.632. The Hall–Kier alpha value is -1.76. The second-order valence-electron chi connectivity index (χ2n) is 3.46. The minimum Gasteiger partial charge on any atom is -0.329 e. The zero-order valence-electron chi connectivity index (χ0n) is 9.57. The van der Waals surface area contributed by atoms with Gasteiger partial charge in [0.05, 0.1) is 0 Å². The largest absolute Gasteiger partial charge is 0.471 e. The molecule has 2 rings (SSSR count). The van der Waals surface area contributed by atoms with Crippen LogP contribution in [0.5, 0.6) is 0 Å². The Kier molecular flexibility index (Phi) is 3.94. The number of thioether (sulfide) groups is 1. The molecule has 1 heterocycles. The minimum atomic E-state index is -4.63. The highest BCUT2D eigenvalue weighted by Gasteiger charge is 2.38. The van der Waals surface area contributed by atoms with Gasteiger partial charge in [-0.1, -0.05) is 23.4 Å². The highest BCUT2D eigenvalue weighted by atomic mass is 32.2. The smallest absolute Gasteiger partial charge is 0.329 e. The lowest BCUT2D eigenvalue weighted by molar-refractivity contribution is -0.159. The maximum absolute atomic E-state index is 12.3. The molecule has 1 radical (unpaired) electrons. The Morgan fingerprint density at radius 3 is 2.89 bits per heavy atom. The van der Waals surface area contributed by atoms with E-state index in [1.54, 1.807) is 24.3 Å². The molecule has 0 N–H and O–H groups in total. The number of hydrogen-bond acceptors (Lipinski definition) is 4. The second kappa shape index (κ2) is 5.48. The molecule has 19 heavy (non-hydrogen) atoms. The molecule has 0 aliphatic heterocycles. The fraction of sp³-hybridized carbons (Fsp3) is 0.167. The molecule has 0 atom stereocenters. The number of rotatable bonds is 4. The third-order valence-corrected chi connectivity index (χ3v) is 3.01. The van der Waals surface area contributed by atoms with E-state index in [2.05, 4.69) is 27.3 Å². The summed E-state index contributed by atoms with van der Waals surface area (Å²) in [6, 6.07) is 7.78. The zero-order chi connectivity index (χ0) is 13.9. The van der Waals surface area contributed by atoms with Gasteiger partial charge in [0.2, 0.25) is 5.82 Å². The number of benzene rings is 1. The van der Waals surface area contributed by atoms with E-state index in [1.165, 1.54) is 11.8 Å². The van der Waals surface area contributed by atoms with Crippen LogP contribution in [0.3, 0.4) is 0 Å². The molecule has 7 heteroatoms. The van der Waals surface area contributed by atoms with Gasteiger partial charge in [0.25, 0.3) is 0 Å². The van der Waals surface area contributed by atoms with Crippen LogP contribution in [0.25, 0.3) is 11.4 Å². The predicted octanol–water partition coefficient (Wildman–Crippen LogP) is 3.83. The van der Waals surface area contributed by atoms with Crippen LogP contribution in [0.1, 0.15) is 5.89 Å². The lowest BCUT2D eigenvalue weighted by atomic mass is 10.2. The normalized spacial score (nSPS) is 11.5. The van der Waals surface area contributed by atoms with Crippen LogP contribution in [0.15, 0.2) is 40.3 Å². The molecule has 0 aliphatic carbocycles. The SMILES string of the molecule is C=CCSc1[c]ccc(-c2noc(C(F)(F)F)n2)c1. The summed E-state index contributed by atoms with van der Waals surface area (Å²) in [5.74, 6) is -0.766. The first kappa shape index (κ1) is 13.7. The Balaban J connectivity index is 2.26. The first-order valence-corrected chi connectivity index (χ1v) is 6.16. The highest BCUT2D eigenvalue weighted by molar-refractivity contribution is 7.99. The Labute approximate surface area is 111 Å². The topological polar surface area (TPSA) is 38.9 Å². The molecule has 0 fully saturated rings. The maximum atomic E-state index is 12.3. The molecule has 1 aromatic carbocycles. The summed E-state index contributed by atoms with van der Waals surface area (Å²) in [5.41, 5.74) is 0.449. The number of alkyl halides is 3. The number of aromatic nitrogens is 2. The molecule has 3 nitrogen and oxygen atoms in total. The van der Waals surface area contributed by atoms with E-state index in [0.29, 0.717) is 11.3 Å². The third kappa shape index (κ3) is 3.37. The molecule has 0 spiro atoms. The summed E-state index contributed by atoms with van der Waals surface area (Å²) in [4.78, 5) is 4.10. The zero-order valence-corrected chi connectivity index (χ0v) is 10.4. The highest BCUT2D eigenvalue weighted by Crippen LogP contribution is 2.30. The van der Waals surface area contributed by atoms with Crippen LogP contribution < -0.4 is 0 Å². The van der Waals surface area contributed by atoms with E-state index in [4.69, 9.17) is 0 Å². The molecule has 0 bridgehead atoms. The fourth-order valence-electron chi connectivity index (χ4n) is 1.27. The standard InChI is InChI=1S/C12H8F3N2OS/c1-2-6-19-9-5-3-4-8(7-9)10-16-11(18-17-10)12(13,14)15/h2-4,7H,1,6H2. The molecule has 0 unspecified atom stereocenters. The van der Waals surface area contributed by atoms with E-state index in [-0.39, 0.29) is 5.82 Å². The van der Waals surface area contributed by atoms with Gasteiger partial charge in [-0.05, 0) is 12.1 Å². The first-order valence-electron chi connectivity index (χ1n) is 5.17. The van der Waals surface area contributed by atoms with Gasteiger partial charge in [0.1, 0.15) is 0 Å². The van der Waals surface area contributed by atoms with E-state index >= 15 is 0 Å². The van der Waals surface area contributed by atoms with Crippen LogP contribution in [0, 0.1) is 6.07 Å². The van der Waals surface area contributed by atoms with Gasteiger partial charge in [0, 0.05) is 16.2 Å². The lowest BCUT2D eigenvalue weighted by Crippen LogP contribution is -2.04. The van der Waals surface area contributed by atoms with Crippen molar-refractivity contribution in [3.05, 3.63) is 42.8 Å². The summed E-state index contributed by atoms with van der Waals surface area (Å²) in [7, 11) is 0. The average Bonchev–Trinajstić information content (AvgIpc) is 2.86. The lowest BCUT2D eigenvalue weighted by Gasteiger charge is -1.99. The molecule has 0 saturated carbocycles. The molecular weight excluding hydrogens is 277 g/mol. The Bertz CT molecular complexity index is 580. The van der Waals surface area contributed by atoms with E-state index < -0.39 is 12.1 Å². The van der Waals surface area contributed by atoms with E-state index in [1.807, 2.05) is 0 Å². The van der Waals surface area contributed by atoms with Gasteiger partial charge in [-0.25, -0.2) is 0 Å². The summed E-state index contributed by atoms with van der Waals surface area (Å²) in [5, 5.41) is 3.32. The van der Waals surface area contributed by atoms with E-state index in [0.717, 1.165) is 4.90 Å². The minimum absolute atomic E-state index is 0.0956. The molecule has 1 aromatic heterocycles. The second-order valence-corrected chi connectivity index (χ2v) is 4.52. The van der Waals surface area contributed by atoms with Crippen molar-refractivity contribution in [2.75, 3.05) is 5.75 Å². The van der Waals surface area contributed by atoms with Crippen molar-refractivity contribution in [2.24, 2.45) is 0 Å². The van der Waals surface area contributed by atoms with Gasteiger partial charge in [-0.2, -0.15) is 18.2 Å². The van der Waals surface area contributed by atoms with Crippen molar-refractivity contribution >= 4 is 11.8 Å². The van der Waals surface area contributed by atoms with Crippen molar-refractivity contribution in [3.63, 3.8) is 0 Å². The third-order valence-electron chi connectivity index (χ3n) is 2.06. The van der Waals surface area contributed by atoms with Crippen LogP contribution in [-0.4, -0.2) is 15.9 Å². The van der Waals surface area contributed by atoms with Crippen LogP contribution in [0.2, 0.25) is 0 Å². The Morgan fingerprint density at radius 1 is 1.47 bits per heavy atom. The van der Waals surface area contributed by atoms with Crippen molar-refractivity contribution in [1.29, 1.82) is 0 Å².